The first-order valence-electron chi connectivity index (χ1n) is 7.98. The van der Waals surface area contributed by atoms with Gasteiger partial charge in [-0.15, -0.1) is 0 Å². The van der Waals surface area contributed by atoms with E-state index < -0.39 is 0 Å². The van der Waals surface area contributed by atoms with Crippen molar-refractivity contribution in [3.05, 3.63) is 29.3 Å². The Labute approximate surface area is 141 Å². The van der Waals surface area contributed by atoms with Gasteiger partial charge in [-0.25, -0.2) is 0 Å². The first-order chi connectivity index (χ1) is 11.0. The summed E-state index contributed by atoms with van der Waals surface area (Å²) in [5.74, 6) is 0.662. The number of hydrogen-bond donors (Lipinski definition) is 0. The quantitative estimate of drug-likeness (QED) is 0.850. The van der Waals surface area contributed by atoms with Crippen molar-refractivity contribution in [2.45, 2.75) is 25.4 Å². The average molecular weight is 337 g/mol. The van der Waals surface area contributed by atoms with Gasteiger partial charge in [-0.05, 0) is 12.1 Å². The van der Waals surface area contributed by atoms with E-state index in [2.05, 4.69) is 0 Å². The predicted molar refractivity (Wildman–Crippen MR) is 87.4 cm³/mol. The number of hydrogen-bond acceptors (Lipinski definition) is 3. The molecule has 2 fully saturated rings. The molecule has 1 atom stereocenters. The Morgan fingerprint density at radius 2 is 1.96 bits per heavy atom. The van der Waals surface area contributed by atoms with Gasteiger partial charge in [0.2, 0.25) is 11.8 Å². The van der Waals surface area contributed by atoms with Crippen LogP contribution in [0.4, 0.5) is 0 Å². The molecule has 0 N–H and O–H groups in total. The number of benzene rings is 1. The Morgan fingerprint density at radius 3 is 2.57 bits per heavy atom. The zero-order valence-corrected chi connectivity index (χ0v) is 14.0. The minimum absolute atomic E-state index is 0.0558. The molecule has 0 bridgehead atoms. The molecule has 0 spiro atoms. The lowest BCUT2D eigenvalue weighted by atomic mass is 10.0. The number of amides is 2. The van der Waals surface area contributed by atoms with E-state index in [0.29, 0.717) is 36.8 Å². The summed E-state index contributed by atoms with van der Waals surface area (Å²) in [7, 11) is 1.75. The predicted octanol–water partition coefficient (Wildman–Crippen LogP) is 2.19. The molecule has 2 aliphatic rings. The zero-order chi connectivity index (χ0) is 16.4. The van der Waals surface area contributed by atoms with Crippen molar-refractivity contribution in [1.82, 2.24) is 9.80 Å². The average Bonchev–Trinajstić information content (AvgIpc) is 2.89. The van der Waals surface area contributed by atoms with Crippen molar-refractivity contribution in [3.8, 4) is 5.75 Å². The molecular formula is C17H21ClN2O3. The van der Waals surface area contributed by atoms with Gasteiger partial charge in [0, 0.05) is 45.9 Å². The maximum atomic E-state index is 12.5. The van der Waals surface area contributed by atoms with Crippen LogP contribution >= 0.6 is 11.6 Å². The van der Waals surface area contributed by atoms with Gasteiger partial charge in [-0.2, -0.15) is 0 Å². The normalized spacial score (nSPS) is 22.5. The summed E-state index contributed by atoms with van der Waals surface area (Å²) in [5, 5.41) is 0.610. The van der Waals surface area contributed by atoms with Gasteiger partial charge >= 0.3 is 0 Å². The monoisotopic (exact) mass is 336 g/mol. The number of carbonyl (C=O) groups is 2. The third kappa shape index (κ3) is 3.61. The molecule has 1 aromatic rings. The Morgan fingerprint density at radius 1 is 1.26 bits per heavy atom. The van der Waals surface area contributed by atoms with Crippen molar-refractivity contribution in [1.29, 1.82) is 0 Å². The van der Waals surface area contributed by atoms with Crippen LogP contribution in [-0.4, -0.2) is 54.4 Å². The van der Waals surface area contributed by atoms with Crippen LogP contribution in [0.15, 0.2) is 24.3 Å². The first-order valence-corrected chi connectivity index (χ1v) is 8.36. The molecule has 6 heteroatoms. The molecule has 0 aliphatic carbocycles. The van der Waals surface area contributed by atoms with Crippen molar-refractivity contribution < 1.29 is 14.3 Å². The maximum absolute atomic E-state index is 12.5. The molecule has 0 saturated carbocycles. The van der Waals surface area contributed by atoms with Crippen molar-refractivity contribution in [2.75, 3.05) is 26.7 Å². The fourth-order valence-corrected chi connectivity index (χ4v) is 3.38. The van der Waals surface area contributed by atoms with Crippen LogP contribution in [0.1, 0.15) is 19.3 Å². The number of nitrogens with zero attached hydrogens (tertiary/aromatic N) is 2. The molecule has 0 radical (unpaired) electrons. The lowest BCUT2D eigenvalue weighted by Gasteiger charge is -2.33. The van der Waals surface area contributed by atoms with E-state index in [4.69, 9.17) is 16.3 Å². The van der Waals surface area contributed by atoms with Gasteiger partial charge in [0.15, 0.2) is 0 Å². The summed E-state index contributed by atoms with van der Waals surface area (Å²) >= 11 is 6.11. The maximum Gasteiger partial charge on any atom is 0.227 e. The lowest BCUT2D eigenvalue weighted by Crippen LogP contribution is -2.44. The largest absolute Gasteiger partial charge is 0.489 e. The van der Waals surface area contributed by atoms with Crippen molar-refractivity contribution in [2.24, 2.45) is 5.92 Å². The van der Waals surface area contributed by atoms with Gasteiger partial charge in [0.05, 0.1) is 10.9 Å². The first kappa shape index (κ1) is 16.1. The number of carbonyl (C=O) groups excluding carboxylic acids is 2. The second-order valence-corrected chi connectivity index (χ2v) is 6.66. The lowest BCUT2D eigenvalue weighted by molar-refractivity contribution is -0.137. The number of ether oxygens (including phenoxy) is 1. The molecule has 0 unspecified atom stereocenters. The molecule has 124 valence electrons. The summed E-state index contributed by atoms with van der Waals surface area (Å²) in [5.41, 5.74) is 0. The molecule has 0 aromatic heterocycles. The summed E-state index contributed by atoms with van der Waals surface area (Å²) in [6.45, 7) is 1.87. The van der Waals surface area contributed by atoms with E-state index in [1.807, 2.05) is 29.2 Å². The third-order valence-electron chi connectivity index (χ3n) is 4.57. The van der Waals surface area contributed by atoms with Crippen LogP contribution in [0.3, 0.4) is 0 Å². The topological polar surface area (TPSA) is 49.9 Å². The number of halogens is 1. The van der Waals surface area contributed by atoms with Crippen LogP contribution in [-0.2, 0) is 9.59 Å². The van der Waals surface area contributed by atoms with E-state index in [0.717, 1.165) is 12.8 Å². The van der Waals surface area contributed by atoms with Crippen molar-refractivity contribution in [3.63, 3.8) is 0 Å². The van der Waals surface area contributed by atoms with Crippen LogP contribution in [0.5, 0.6) is 5.75 Å². The van der Waals surface area contributed by atoms with E-state index in [9.17, 15) is 9.59 Å². The molecule has 2 aliphatic heterocycles. The molecule has 5 nitrogen and oxygen atoms in total. The number of rotatable bonds is 3. The van der Waals surface area contributed by atoms with Gasteiger partial charge in [-0.3, -0.25) is 9.59 Å². The Hall–Kier alpha value is -1.75. The standard InChI is InChI=1S/C17H21ClN2O3/c1-19-11-12(10-16(19)21)17(22)20-8-6-13(7-9-20)23-15-5-3-2-4-14(15)18/h2-5,12-13H,6-11H2,1H3/t12-/m0/s1. The highest BCUT2D eigenvalue weighted by Crippen LogP contribution is 2.27. The fraction of sp³-hybridized carbons (Fsp3) is 0.529. The smallest absolute Gasteiger partial charge is 0.227 e. The second kappa shape index (κ2) is 6.79. The summed E-state index contributed by atoms with van der Waals surface area (Å²) in [6, 6.07) is 7.44. The van der Waals surface area contributed by atoms with Crippen LogP contribution < -0.4 is 4.74 Å². The van der Waals surface area contributed by atoms with Crippen LogP contribution in [0, 0.1) is 5.92 Å². The minimum Gasteiger partial charge on any atom is -0.489 e. The van der Waals surface area contributed by atoms with Crippen LogP contribution in [0.25, 0.3) is 0 Å². The number of piperidine rings is 1. The molecule has 1 aromatic carbocycles. The van der Waals surface area contributed by atoms with Crippen molar-refractivity contribution >= 4 is 23.4 Å². The molecule has 3 rings (SSSR count). The van der Waals surface area contributed by atoms with Gasteiger partial charge in [0.25, 0.3) is 0 Å². The van der Waals surface area contributed by atoms with E-state index in [-0.39, 0.29) is 23.8 Å². The summed E-state index contributed by atoms with van der Waals surface area (Å²) in [6.07, 6.45) is 1.98. The zero-order valence-electron chi connectivity index (χ0n) is 13.2. The summed E-state index contributed by atoms with van der Waals surface area (Å²) < 4.78 is 5.94. The Kier molecular flexibility index (Phi) is 4.76. The highest BCUT2D eigenvalue weighted by Gasteiger charge is 2.36. The van der Waals surface area contributed by atoms with Crippen LogP contribution in [0.2, 0.25) is 5.02 Å². The number of para-hydroxylation sites is 1. The highest BCUT2D eigenvalue weighted by molar-refractivity contribution is 6.32. The highest BCUT2D eigenvalue weighted by atomic mass is 35.5. The third-order valence-corrected chi connectivity index (χ3v) is 4.89. The minimum atomic E-state index is -0.187. The summed E-state index contributed by atoms with van der Waals surface area (Å²) in [4.78, 5) is 27.6. The molecule has 2 saturated heterocycles. The van der Waals surface area contributed by atoms with E-state index in [1.54, 1.807) is 11.9 Å². The van der Waals surface area contributed by atoms with E-state index >= 15 is 0 Å². The molecule has 2 heterocycles. The molecule has 2 amide bonds. The molecule has 23 heavy (non-hydrogen) atoms. The second-order valence-electron chi connectivity index (χ2n) is 6.25. The number of likely N-dealkylation sites (tertiary alicyclic amines) is 2. The van der Waals surface area contributed by atoms with E-state index in [1.165, 1.54) is 0 Å². The van der Waals surface area contributed by atoms with Gasteiger partial charge < -0.3 is 14.5 Å². The Balaban J connectivity index is 1.51. The molecular weight excluding hydrogens is 316 g/mol. The Bertz CT molecular complexity index is 599. The van der Waals surface area contributed by atoms with Gasteiger partial charge in [-0.1, -0.05) is 23.7 Å². The van der Waals surface area contributed by atoms with Gasteiger partial charge in [0.1, 0.15) is 11.9 Å². The fourth-order valence-electron chi connectivity index (χ4n) is 3.20. The SMILES string of the molecule is CN1C[C@@H](C(=O)N2CCC(Oc3ccccc3Cl)CC2)CC1=O.